The minimum atomic E-state index is -2.81. The third kappa shape index (κ3) is 7.13. The van der Waals surface area contributed by atoms with Gasteiger partial charge in [-0.2, -0.15) is 8.78 Å². The molecule has 0 bridgehead atoms. The number of benzene rings is 1. The van der Waals surface area contributed by atoms with Crippen LogP contribution in [0, 0.1) is 0 Å². The highest BCUT2D eigenvalue weighted by Crippen LogP contribution is 2.21. The molecule has 0 amide bonds. The number of ether oxygens (including phenoxy) is 1. The van der Waals surface area contributed by atoms with Crippen molar-refractivity contribution >= 4 is 18.4 Å². The lowest BCUT2D eigenvalue weighted by molar-refractivity contribution is -0.139. The summed E-state index contributed by atoms with van der Waals surface area (Å²) in [6, 6.07) is 7.06. The maximum Gasteiger partial charge on any atom is 0.387 e. The van der Waals surface area contributed by atoms with Crippen molar-refractivity contribution < 1.29 is 23.4 Å². The maximum atomic E-state index is 12.3. The van der Waals surface area contributed by atoms with Crippen LogP contribution < -0.4 is 4.74 Å². The van der Waals surface area contributed by atoms with Crippen LogP contribution in [0.15, 0.2) is 24.3 Å². The lowest BCUT2D eigenvalue weighted by Crippen LogP contribution is -2.46. The molecule has 5 nitrogen and oxygen atoms in total. The summed E-state index contributed by atoms with van der Waals surface area (Å²) in [5.74, 6) is -0.619. The molecule has 2 rings (SSSR count). The normalized spacial score (nSPS) is 16.0. The third-order valence-corrected chi connectivity index (χ3v) is 4.35. The molecule has 0 unspecified atom stereocenters. The number of aliphatic carboxylic acids is 1. The van der Waals surface area contributed by atoms with Crippen molar-refractivity contribution in [1.82, 2.24) is 9.80 Å². The van der Waals surface area contributed by atoms with Crippen LogP contribution in [0.4, 0.5) is 8.78 Å². The zero-order chi connectivity index (χ0) is 17.5. The fourth-order valence-corrected chi connectivity index (χ4v) is 3.19. The maximum absolute atomic E-state index is 12.3. The molecule has 1 saturated heterocycles. The van der Waals surface area contributed by atoms with Crippen molar-refractivity contribution in [2.45, 2.75) is 39.0 Å². The lowest BCUT2D eigenvalue weighted by Gasteiger charge is -2.37. The van der Waals surface area contributed by atoms with E-state index >= 15 is 0 Å². The molecule has 1 aromatic carbocycles. The van der Waals surface area contributed by atoms with Crippen LogP contribution in [0.1, 0.15) is 25.3 Å². The molecule has 8 heteroatoms. The molecule has 1 heterocycles. The van der Waals surface area contributed by atoms with Crippen LogP contribution >= 0.6 is 12.4 Å². The summed E-state index contributed by atoms with van der Waals surface area (Å²) in [7, 11) is 0. The van der Waals surface area contributed by atoms with Gasteiger partial charge in [0.15, 0.2) is 0 Å². The Morgan fingerprint density at radius 3 is 2.64 bits per heavy atom. The van der Waals surface area contributed by atoms with Gasteiger partial charge in [-0.25, -0.2) is 0 Å². The van der Waals surface area contributed by atoms with E-state index in [4.69, 9.17) is 5.11 Å². The average molecular weight is 379 g/mol. The number of carboxylic acids is 1. The molecular weight excluding hydrogens is 354 g/mol. The Kier molecular flexibility index (Phi) is 9.10. The van der Waals surface area contributed by atoms with E-state index in [1.807, 2.05) is 17.9 Å². The molecule has 0 radical (unpaired) electrons. The summed E-state index contributed by atoms with van der Waals surface area (Å²) in [6.07, 6.45) is 1.82. The van der Waals surface area contributed by atoms with E-state index in [0.717, 1.165) is 38.0 Å². The number of carbonyl (C=O) groups is 1. The smallest absolute Gasteiger partial charge is 0.387 e. The van der Waals surface area contributed by atoms with Gasteiger partial charge < -0.3 is 9.84 Å². The molecule has 1 fully saturated rings. The number of hydrogen-bond donors (Lipinski definition) is 1. The largest absolute Gasteiger partial charge is 0.480 e. The van der Waals surface area contributed by atoms with Gasteiger partial charge in [0.25, 0.3) is 0 Å². The van der Waals surface area contributed by atoms with Crippen molar-refractivity contribution in [3.8, 4) is 5.75 Å². The van der Waals surface area contributed by atoms with Crippen molar-refractivity contribution in [1.29, 1.82) is 0 Å². The summed E-state index contributed by atoms with van der Waals surface area (Å²) < 4.78 is 29.0. The number of alkyl halides is 2. The molecule has 0 atom stereocenters. The number of rotatable bonds is 8. The minimum Gasteiger partial charge on any atom is -0.480 e. The zero-order valence-electron chi connectivity index (χ0n) is 14.2. The first kappa shape index (κ1) is 21.6. The van der Waals surface area contributed by atoms with Crippen molar-refractivity contribution in [2.75, 3.05) is 26.2 Å². The van der Waals surface area contributed by atoms with Gasteiger partial charge in [-0.3, -0.25) is 14.6 Å². The Morgan fingerprint density at radius 1 is 1.40 bits per heavy atom. The number of likely N-dealkylation sites (tertiary alicyclic amines) is 1. The van der Waals surface area contributed by atoms with E-state index in [1.54, 1.807) is 12.1 Å². The highest BCUT2D eigenvalue weighted by Gasteiger charge is 2.25. The number of carboxylic acid groups (broad SMARTS) is 1. The van der Waals surface area contributed by atoms with Crippen molar-refractivity contribution in [3.05, 3.63) is 29.8 Å². The van der Waals surface area contributed by atoms with Crippen LogP contribution in [0.3, 0.4) is 0 Å². The quantitative estimate of drug-likeness (QED) is 0.753. The standard InChI is InChI=1S/C17H24F2N2O3.ClH/c1-2-21(12-16(22)23)14-6-8-20(9-7-14)11-13-4-3-5-15(10-13)24-17(18)19;/h3-5,10,14,17H,2,6-9,11-12H2,1H3,(H,22,23);1H. The SMILES string of the molecule is CCN(CC(=O)O)C1CCN(Cc2cccc(OC(F)F)c2)CC1.Cl. The Morgan fingerprint density at radius 2 is 2.08 bits per heavy atom. The van der Waals surface area contributed by atoms with Gasteiger partial charge in [0, 0.05) is 12.6 Å². The van der Waals surface area contributed by atoms with Gasteiger partial charge in [-0.15, -0.1) is 12.4 Å². The van der Waals surface area contributed by atoms with Crippen LogP contribution in [0.5, 0.6) is 5.75 Å². The first-order valence-electron chi connectivity index (χ1n) is 8.20. The van der Waals surface area contributed by atoms with Gasteiger partial charge in [-0.05, 0) is 50.2 Å². The highest BCUT2D eigenvalue weighted by atomic mass is 35.5. The molecule has 25 heavy (non-hydrogen) atoms. The number of likely N-dealkylation sites (N-methyl/N-ethyl adjacent to an activating group) is 1. The zero-order valence-corrected chi connectivity index (χ0v) is 15.1. The molecule has 1 aliphatic heterocycles. The van der Waals surface area contributed by atoms with E-state index in [2.05, 4.69) is 9.64 Å². The van der Waals surface area contributed by atoms with Crippen LogP contribution in [0.2, 0.25) is 0 Å². The summed E-state index contributed by atoms with van der Waals surface area (Å²) in [6.45, 7) is 2.37. The van der Waals surface area contributed by atoms with E-state index in [-0.39, 0.29) is 30.7 Å². The number of hydrogen-bond acceptors (Lipinski definition) is 4. The molecule has 1 aliphatic rings. The predicted octanol–water partition coefficient (Wildman–Crippen LogP) is 3.08. The second kappa shape index (κ2) is 10.5. The summed E-state index contributed by atoms with van der Waals surface area (Å²) in [5, 5.41) is 8.96. The fourth-order valence-electron chi connectivity index (χ4n) is 3.19. The number of piperidine rings is 1. The molecule has 1 N–H and O–H groups in total. The van der Waals surface area contributed by atoms with Crippen LogP contribution in [0.25, 0.3) is 0 Å². The van der Waals surface area contributed by atoms with E-state index < -0.39 is 12.6 Å². The van der Waals surface area contributed by atoms with Gasteiger partial charge >= 0.3 is 12.6 Å². The Hall–Kier alpha value is -1.44. The van der Waals surface area contributed by atoms with Crippen molar-refractivity contribution in [2.24, 2.45) is 0 Å². The Bertz CT molecular complexity index is 540. The third-order valence-electron chi connectivity index (χ3n) is 4.35. The Balaban J connectivity index is 0.00000312. The lowest BCUT2D eigenvalue weighted by atomic mass is 10.0. The van der Waals surface area contributed by atoms with Crippen LogP contribution in [-0.4, -0.2) is 59.7 Å². The van der Waals surface area contributed by atoms with E-state index in [0.29, 0.717) is 6.54 Å². The highest BCUT2D eigenvalue weighted by molar-refractivity contribution is 5.85. The summed E-state index contributed by atoms with van der Waals surface area (Å²) in [4.78, 5) is 15.2. The molecule has 142 valence electrons. The summed E-state index contributed by atoms with van der Waals surface area (Å²) >= 11 is 0. The summed E-state index contributed by atoms with van der Waals surface area (Å²) in [5.41, 5.74) is 0.935. The molecule has 0 saturated carbocycles. The first-order chi connectivity index (χ1) is 11.5. The first-order valence-corrected chi connectivity index (χ1v) is 8.20. The van der Waals surface area contributed by atoms with E-state index in [9.17, 15) is 13.6 Å². The predicted molar refractivity (Wildman–Crippen MR) is 93.5 cm³/mol. The molecule has 0 spiro atoms. The fraction of sp³-hybridized carbons (Fsp3) is 0.588. The van der Waals surface area contributed by atoms with Gasteiger partial charge in [-0.1, -0.05) is 19.1 Å². The molecular formula is C17H25ClF2N2O3. The monoisotopic (exact) mass is 378 g/mol. The molecule has 0 aromatic heterocycles. The van der Waals surface area contributed by atoms with Crippen molar-refractivity contribution in [3.63, 3.8) is 0 Å². The van der Waals surface area contributed by atoms with Gasteiger partial charge in [0.2, 0.25) is 0 Å². The van der Waals surface area contributed by atoms with E-state index in [1.165, 1.54) is 6.07 Å². The second-order valence-electron chi connectivity index (χ2n) is 5.99. The molecule has 1 aromatic rings. The van der Waals surface area contributed by atoms with Crippen LogP contribution in [-0.2, 0) is 11.3 Å². The molecule has 0 aliphatic carbocycles. The Labute approximate surface area is 153 Å². The number of nitrogens with zero attached hydrogens (tertiary/aromatic N) is 2. The van der Waals surface area contributed by atoms with Gasteiger partial charge in [0.05, 0.1) is 6.54 Å². The van der Waals surface area contributed by atoms with Gasteiger partial charge in [0.1, 0.15) is 5.75 Å². The second-order valence-corrected chi connectivity index (χ2v) is 5.99. The topological polar surface area (TPSA) is 53.0 Å². The number of halogens is 3. The average Bonchev–Trinajstić information content (AvgIpc) is 2.53. The minimum absolute atomic E-state index is 0.